The second-order valence-corrected chi connectivity index (χ2v) is 1.52. The average molecular weight is 131 g/mol. The Kier molecular flexibility index (Phi) is 3.66. The van der Waals surface area contributed by atoms with Crippen molar-refractivity contribution in [2.45, 2.75) is 0 Å². The van der Waals surface area contributed by atoms with Gasteiger partial charge in [0.05, 0.1) is 13.2 Å². The summed E-state index contributed by atoms with van der Waals surface area (Å²) in [6.07, 6.45) is 1.00. The molecule has 0 aromatic carbocycles. The van der Waals surface area contributed by atoms with Crippen molar-refractivity contribution < 1.29 is 15.0 Å². The van der Waals surface area contributed by atoms with Gasteiger partial charge in [0.25, 0.3) is 0 Å². The number of rotatable bonds is 3. The van der Waals surface area contributed by atoms with Gasteiger partial charge in [0.2, 0.25) is 5.91 Å². The van der Waals surface area contributed by atoms with Crippen LogP contribution >= 0.6 is 0 Å². The molecule has 0 aliphatic rings. The first-order chi connectivity index (χ1) is 4.20. The number of carbonyl (C=O) groups excluding carboxylic acids is 1. The van der Waals surface area contributed by atoms with Crippen LogP contribution in [-0.2, 0) is 4.79 Å². The van der Waals surface area contributed by atoms with Gasteiger partial charge < -0.3 is 15.9 Å². The molecule has 0 radical (unpaired) electrons. The summed E-state index contributed by atoms with van der Waals surface area (Å²) >= 11 is 0. The molecule has 0 aromatic heterocycles. The maximum Gasteiger partial charge on any atom is 0.241 e. The first-order valence-corrected chi connectivity index (χ1v) is 2.41. The Morgan fingerprint density at radius 1 is 1.44 bits per heavy atom. The molecule has 52 valence electrons. The van der Waals surface area contributed by atoms with E-state index in [4.69, 9.17) is 15.9 Å². The Morgan fingerprint density at radius 3 is 2.00 bits per heavy atom. The van der Waals surface area contributed by atoms with Crippen LogP contribution in [-0.4, -0.2) is 29.3 Å². The summed E-state index contributed by atoms with van der Waals surface area (Å²) in [5.41, 5.74) is 4.93. The second kappa shape index (κ2) is 4.05. The highest BCUT2D eigenvalue weighted by Crippen LogP contribution is 1.87. The van der Waals surface area contributed by atoms with Crippen LogP contribution in [0.4, 0.5) is 0 Å². The van der Waals surface area contributed by atoms with Crippen LogP contribution in [0.1, 0.15) is 0 Å². The van der Waals surface area contributed by atoms with E-state index in [1.54, 1.807) is 0 Å². The number of amides is 1. The topological polar surface area (TPSA) is 83.6 Å². The van der Waals surface area contributed by atoms with E-state index in [0.29, 0.717) is 0 Å². The minimum Gasteiger partial charge on any atom is -0.392 e. The van der Waals surface area contributed by atoms with Gasteiger partial charge in [0, 0.05) is 6.08 Å². The maximum atomic E-state index is 10.1. The SMILES string of the molecule is NC(=O)C=C(CO)CO. The Bertz CT molecular complexity index is 124. The van der Waals surface area contributed by atoms with Crippen molar-refractivity contribution in [2.75, 3.05) is 13.2 Å². The van der Waals surface area contributed by atoms with Gasteiger partial charge in [-0.3, -0.25) is 4.79 Å². The monoisotopic (exact) mass is 131 g/mol. The molecule has 0 unspecified atom stereocenters. The lowest BCUT2D eigenvalue weighted by Crippen LogP contribution is -2.09. The number of primary amides is 1. The molecular formula is C5H9NO3. The molecule has 0 saturated heterocycles. The van der Waals surface area contributed by atoms with Gasteiger partial charge >= 0.3 is 0 Å². The van der Waals surface area contributed by atoms with Crippen LogP contribution in [0.5, 0.6) is 0 Å². The van der Waals surface area contributed by atoms with Crippen LogP contribution in [0, 0.1) is 0 Å². The van der Waals surface area contributed by atoms with E-state index in [2.05, 4.69) is 0 Å². The van der Waals surface area contributed by atoms with Crippen LogP contribution in [0.2, 0.25) is 0 Å². The third kappa shape index (κ3) is 3.69. The lowest BCUT2D eigenvalue weighted by molar-refractivity contribution is -0.113. The van der Waals surface area contributed by atoms with Gasteiger partial charge in [0.1, 0.15) is 0 Å². The van der Waals surface area contributed by atoms with Gasteiger partial charge in [0.15, 0.2) is 0 Å². The largest absolute Gasteiger partial charge is 0.392 e. The van der Waals surface area contributed by atoms with Crippen molar-refractivity contribution >= 4 is 5.91 Å². The Hall–Kier alpha value is -0.870. The summed E-state index contributed by atoms with van der Waals surface area (Å²) < 4.78 is 0. The summed E-state index contributed by atoms with van der Waals surface area (Å²) in [7, 11) is 0. The third-order valence-corrected chi connectivity index (χ3v) is 0.753. The van der Waals surface area contributed by atoms with Crippen molar-refractivity contribution in [2.24, 2.45) is 5.73 Å². The van der Waals surface area contributed by atoms with E-state index in [0.717, 1.165) is 6.08 Å². The van der Waals surface area contributed by atoms with E-state index in [1.807, 2.05) is 0 Å². The molecular weight excluding hydrogens is 122 g/mol. The summed E-state index contributed by atoms with van der Waals surface area (Å²) in [5, 5.41) is 16.7. The predicted molar refractivity (Wildman–Crippen MR) is 31.4 cm³/mol. The number of carbonyl (C=O) groups is 1. The molecule has 0 atom stereocenters. The van der Waals surface area contributed by atoms with Crippen LogP contribution in [0.25, 0.3) is 0 Å². The summed E-state index contributed by atoms with van der Waals surface area (Å²) in [5.74, 6) is -0.659. The van der Waals surface area contributed by atoms with Gasteiger partial charge in [-0.15, -0.1) is 0 Å². The average Bonchev–Trinajstić information content (AvgIpc) is 1.82. The molecule has 0 spiro atoms. The van der Waals surface area contributed by atoms with Crippen molar-refractivity contribution in [1.82, 2.24) is 0 Å². The number of aliphatic hydroxyl groups is 2. The molecule has 0 rings (SSSR count). The van der Waals surface area contributed by atoms with E-state index in [-0.39, 0.29) is 18.8 Å². The van der Waals surface area contributed by atoms with E-state index in [9.17, 15) is 4.79 Å². The molecule has 4 nitrogen and oxygen atoms in total. The van der Waals surface area contributed by atoms with Crippen LogP contribution in [0.3, 0.4) is 0 Å². The maximum absolute atomic E-state index is 10.1. The van der Waals surface area contributed by atoms with Crippen LogP contribution in [0.15, 0.2) is 11.6 Å². The van der Waals surface area contributed by atoms with Crippen LogP contribution < -0.4 is 5.73 Å². The molecule has 4 N–H and O–H groups in total. The smallest absolute Gasteiger partial charge is 0.241 e. The summed E-state index contributed by atoms with van der Waals surface area (Å²) in [4.78, 5) is 10.1. The highest BCUT2D eigenvalue weighted by molar-refractivity contribution is 5.86. The first-order valence-electron chi connectivity index (χ1n) is 2.41. The van der Waals surface area contributed by atoms with Crippen molar-refractivity contribution in [3.05, 3.63) is 11.6 Å². The molecule has 4 heteroatoms. The van der Waals surface area contributed by atoms with Crippen molar-refractivity contribution in [1.29, 1.82) is 0 Å². The number of aliphatic hydroxyl groups excluding tert-OH is 2. The van der Waals surface area contributed by atoms with E-state index in [1.165, 1.54) is 0 Å². The standard InChI is InChI=1S/C5H9NO3/c6-5(9)1-4(2-7)3-8/h1,7-8H,2-3H2,(H2,6,9). The molecule has 0 aliphatic carbocycles. The molecule has 0 fully saturated rings. The fourth-order valence-corrected chi connectivity index (χ4v) is 0.342. The lowest BCUT2D eigenvalue weighted by atomic mass is 10.3. The molecule has 1 amide bonds. The highest BCUT2D eigenvalue weighted by Gasteiger charge is 1.93. The van der Waals surface area contributed by atoms with E-state index < -0.39 is 5.91 Å². The predicted octanol–water partition coefficient (Wildman–Crippen LogP) is -1.62. The van der Waals surface area contributed by atoms with Gasteiger partial charge in [-0.05, 0) is 5.57 Å². The minimum atomic E-state index is -0.659. The Labute approximate surface area is 52.6 Å². The third-order valence-electron chi connectivity index (χ3n) is 0.753. The number of hydrogen-bond donors (Lipinski definition) is 3. The highest BCUT2D eigenvalue weighted by atomic mass is 16.3. The molecule has 0 heterocycles. The molecule has 0 aliphatic heterocycles. The van der Waals surface area contributed by atoms with Gasteiger partial charge in [-0.25, -0.2) is 0 Å². The summed E-state index contributed by atoms with van der Waals surface area (Å²) in [6, 6.07) is 0. The quantitative estimate of drug-likeness (QED) is 0.402. The first kappa shape index (κ1) is 8.13. The fourth-order valence-electron chi connectivity index (χ4n) is 0.342. The Balaban J connectivity index is 3.91. The second-order valence-electron chi connectivity index (χ2n) is 1.52. The zero-order valence-electron chi connectivity index (χ0n) is 4.87. The van der Waals surface area contributed by atoms with E-state index >= 15 is 0 Å². The molecule has 0 bridgehead atoms. The van der Waals surface area contributed by atoms with Gasteiger partial charge in [-0.2, -0.15) is 0 Å². The number of hydrogen-bond acceptors (Lipinski definition) is 3. The van der Waals surface area contributed by atoms with Crippen molar-refractivity contribution in [3.8, 4) is 0 Å². The zero-order chi connectivity index (χ0) is 7.28. The zero-order valence-corrected chi connectivity index (χ0v) is 4.87. The Morgan fingerprint density at radius 2 is 1.89 bits per heavy atom. The van der Waals surface area contributed by atoms with Gasteiger partial charge in [-0.1, -0.05) is 0 Å². The normalized spacial score (nSPS) is 8.67. The molecule has 9 heavy (non-hydrogen) atoms. The molecule has 0 aromatic rings. The fraction of sp³-hybridized carbons (Fsp3) is 0.400. The lowest BCUT2D eigenvalue weighted by Gasteiger charge is -1.93. The molecule has 0 saturated carbocycles. The van der Waals surface area contributed by atoms with Crippen molar-refractivity contribution in [3.63, 3.8) is 0 Å². The minimum absolute atomic E-state index is 0.225. The number of nitrogens with two attached hydrogens (primary N) is 1. The summed E-state index contributed by atoms with van der Waals surface area (Å²) in [6.45, 7) is -0.668.